The van der Waals surface area contributed by atoms with Crippen LogP contribution in [0.25, 0.3) is 21.5 Å². The standard InChI is InChI=1S/C19H18.C6H6OS/c1-13-6-9-17-15(12-13)8-11-18-16-5-3-2-4-14(16)7-10-19(17)18;7-5-6-1-3-8-4-2-6/h2-5,7-8,10-11,13H,6,9,12H2,1H3;1-3,5H,4H2. The highest BCUT2D eigenvalue weighted by Gasteiger charge is 2.17. The minimum atomic E-state index is 0.795. The van der Waals surface area contributed by atoms with Crippen LogP contribution in [0.1, 0.15) is 24.5 Å². The van der Waals surface area contributed by atoms with Gasteiger partial charge < -0.3 is 0 Å². The predicted octanol–water partition coefficient (Wildman–Crippen LogP) is 6.49. The number of carbonyl (C=O) groups is 1. The summed E-state index contributed by atoms with van der Waals surface area (Å²) in [5.41, 5.74) is 3.96. The molecule has 1 unspecified atom stereocenters. The molecule has 1 heterocycles. The number of fused-ring (bicyclic) bond motifs is 5. The Labute approximate surface area is 165 Å². The van der Waals surface area contributed by atoms with E-state index in [2.05, 4.69) is 55.5 Å². The lowest BCUT2D eigenvalue weighted by atomic mass is 9.82. The Hall–Kier alpha value is -2.32. The zero-order chi connectivity index (χ0) is 18.6. The molecule has 27 heavy (non-hydrogen) atoms. The van der Waals surface area contributed by atoms with Gasteiger partial charge in [0, 0.05) is 11.3 Å². The third-order valence-corrected chi connectivity index (χ3v) is 6.19. The molecule has 0 aromatic heterocycles. The van der Waals surface area contributed by atoms with E-state index in [0.29, 0.717) is 0 Å². The van der Waals surface area contributed by atoms with Gasteiger partial charge in [-0.2, -0.15) is 0 Å². The van der Waals surface area contributed by atoms with Gasteiger partial charge in [0.15, 0.2) is 0 Å². The second-order valence-corrected chi connectivity index (χ2v) is 8.33. The summed E-state index contributed by atoms with van der Waals surface area (Å²) in [6.07, 6.45) is 8.43. The zero-order valence-corrected chi connectivity index (χ0v) is 16.5. The van der Waals surface area contributed by atoms with Crippen molar-refractivity contribution in [2.75, 3.05) is 5.75 Å². The van der Waals surface area contributed by atoms with E-state index in [1.54, 1.807) is 22.9 Å². The Balaban J connectivity index is 0.000000190. The van der Waals surface area contributed by atoms with E-state index < -0.39 is 0 Å². The molecule has 3 aromatic carbocycles. The summed E-state index contributed by atoms with van der Waals surface area (Å²) in [6, 6.07) is 18.0. The van der Waals surface area contributed by atoms with Gasteiger partial charge in [0.1, 0.15) is 6.29 Å². The Bertz CT molecular complexity index is 1040. The largest absolute Gasteiger partial charge is 0.298 e. The van der Waals surface area contributed by atoms with Crippen molar-refractivity contribution in [3.05, 3.63) is 82.8 Å². The van der Waals surface area contributed by atoms with Crippen LogP contribution in [0.3, 0.4) is 0 Å². The molecule has 0 amide bonds. The number of carbonyl (C=O) groups excluding carboxylic acids is 1. The van der Waals surface area contributed by atoms with Gasteiger partial charge >= 0.3 is 0 Å². The number of hydrogen-bond donors (Lipinski definition) is 0. The molecule has 0 saturated carbocycles. The maximum Gasteiger partial charge on any atom is 0.149 e. The Morgan fingerprint density at radius 1 is 1.00 bits per heavy atom. The molecule has 0 saturated heterocycles. The van der Waals surface area contributed by atoms with Crippen molar-refractivity contribution in [1.82, 2.24) is 0 Å². The fourth-order valence-electron chi connectivity index (χ4n) is 4.03. The lowest BCUT2D eigenvalue weighted by molar-refractivity contribution is -0.104. The first-order chi connectivity index (χ1) is 13.3. The highest BCUT2D eigenvalue weighted by atomic mass is 32.2. The minimum absolute atomic E-state index is 0.795. The van der Waals surface area contributed by atoms with Gasteiger partial charge in [-0.05, 0) is 69.3 Å². The monoisotopic (exact) mass is 372 g/mol. The molecule has 0 bridgehead atoms. The molecule has 136 valence electrons. The summed E-state index contributed by atoms with van der Waals surface area (Å²) < 4.78 is 0. The fraction of sp³-hybridized carbons (Fsp3) is 0.240. The Morgan fingerprint density at radius 2 is 1.85 bits per heavy atom. The van der Waals surface area contributed by atoms with Crippen molar-refractivity contribution in [2.24, 2.45) is 5.92 Å². The number of aldehydes is 1. The zero-order valence-electron chi connectivity index (χ0n) is 15.7. The number of hydrogen-bond acceptors (Lipinski definition) is 2. The van der Waals surface area contributed by atoms with Crippen LogP contribution in [0.4, 0.5) is 0 Å². The summed E-state index contributed by atoms with van der Waals surface area (Å²) in [7, 11) is 0. The molecular weight excluding hydrogens is 348 g/mol. The normalized spacial score (nSPS) is 18.4. The average Bonchev–Trinajstić information content (AvgIpc) is 2.74. The molecule has 0 fully saturated rings. The van der Waals surface area contributed by atoms with E-state index in [1.807, 2.05) is 17.6 Å². The van der Waals surface area contributed by atoms with E-state index in [1.165, 1.54) is 40.8 Å². The Morgan fingerprint density at radius 3 is 2.63 bits per heavy atom. The fourth-order valence-corrected chi connectivity index (χ4v) is 4.69. The second-order valence-electron chi connectivity index (χ2n) is 7.39. The molecule has 0 spiro atoms. The van der Waals surface area contributed by atoms with E-state index in [4.69, 9.17) is 0 Å². The third kappa shape index (κ3) is 3.86. The molecule has 1 aliphatic heterocycles. The maximum atomic E-state index is 10.0. The predicted molar refractivity (Wildman–Crippen MR) is 118 cm³/mol. The minimum Gasteiger partial charge on any atom is -0.298 e. The number of aryl methyl sites for hydroxylation is 1. The molecule has 1 nitrogen and oxygen atoms in total. The van der Waals surface area contributed by atoms with Crippen molar-refractivity contribution in [3.63, 3.8) is 0 Å². The molecular formula is C25H24OS. The summed E-state index contributed by atoms with van der Waals surface area (Å²) in [5, 5.41) is 7.57. The van der Waals surface area contributed by atoms with Crippen LogP contribution in [-0.2, 0) is 17.6 Å². The molecule has 5 rings (SSSR count). The molecule has 0 N–H and O–H groups in total. The van der Waals surface area contributed by atoms with Crippen molar-refractivity contribution in [3.8, 4) is 0 Å². The van der Waals surface area contributed by atoms with Gasteiger partial charge in [-0.25, -0.2) is 0 Å². The number of thioether (sulfide) groups is 1. The lowest BCUT2D eigenvalue weighted by Gasteiger charge is -2.23. The van der Waals surface area contributed by atoms with E-state index in [9.17, 15) is 4.79 Å². The van der Waals surface area contributed by atoms with Crippen LogP contribution in [-0.4, -0.2) is 12.0 Å². The first-order valence-electron chi connectivity index (χ1n) is 9.62. The smallest absolute Gasteiger partial charge is 0.149 e. The van der Waals surface area contributed by atoms with Crippen LogP contribution in [0.5, 0.6) is 0 Å². The van der Waals surface area contributed by atoms with Gasteiger partial charge in [-0.15, -0.1) is 11.8 Å². The summed E-state index contributed by atoms with van der Waals surface area (Å²) >= 11 is 1.70. The maximum absolute atomic E-state index is 10.0. The molecule has 3 aromatic rings. The van der Waals surface area contributed by atoms with E-state index in [0.717, 1.165) is 23.5 Å². The quantitative estimate of drug-likeness (QED) is 0.359. The number of rotatable bonds is 1. The van der Waals surface area contributed by atoms with Crippen molar-refractivity contribution in [2.45, 2.75) is 26.2 Å². The third-order valence-electron chi connectivity index (χ3n) is 5.50. The summed E-state index contributed by atoms with van der Waals surface area (Å²) in [4.78, 5) is 10.0. The topological polar surface area (TPSA) is 17.1 Å². The highest BCUT2D eigenvalue weighted by molar-refractivity contribution is 8.02. The van der Waals surface area contributed by atoms with Crippen LogP contribution < -0.4 is 0 Å². The van der Waals surface area contributed by atoms with Crippen molar-refractivity contribution >= 4 is 39.6 Å². The SMILES string of the molecule is CC1CCc2c(ccc3c2ccc2ccccc23)C1.O=CC1=CCSC=C1. The van der Waals surface area contributed by atoms with Gasteiger partial charge in [-0.1, -0.05) is 61.5 Å². The molecule has 0 radical (unpaired) electrons. The summed E-state index contributed by atoms with van der Waals surface area (Å²) in [5.74, 6) is 1.77. The van der Waals surface area contributed by atoms with Gasteiger partial charge in [0.2, 0.25) is 0 Å². The van der Waals surface area contributed by atoms with Gasteiger partial charge in [0.25, 0.3) is 0 Å². The van der Waals surface area contributed by atoms with Crippen molar-refractivity contribution in [1.29, 1.82) is 0 Å². The Kier molecular flexibility index (Phi) is 5.45. The first-order valence-corrected chi connectivity index (χ1v) is 10.7. The van der Waals surface area contributed by atoms with Crippen LogP contribution in [0, 0.1) is 5.92 Å². The highest BCUT2D eigenvalue weighted by Crippen LogP contribution is 2.34. The summed E-state index contributed by atoms with van der Waals surface area (Å²) in [6.45, 7) is 2.37. The first kappa shape index (κ1) is 18.1. The second kappa shape index (κ2) is 8.14. The van der Waals surface area contributed by atoms with Crippen LogP contribution >= 0.6 is 11.8 Å². The van der Waals surface area contributed by atoms with E-state index >= 15 is 0 Å². The van der Waals surface area contributed by atoms with Crippen molar-refractivity contribution < 1.29 is 4.79 Å². The van der Waals surface area contributed by atoms with Crippen LogP contribution in [0.15, 0.2) is 71.7 Å². The molecule has 2 aliphatic rings. The molecule has 2 heteroatoms. The average molecular weight is 373 g/mol. The lowest BCUT2D eigenvalue weighted by Crippen LogP contribution is -2.11. The van der Waals surface area contributed by atoms with Gasteiger partial charge in [-0.3, -0.25) is 4.79 Å². The number of allylic oxidation sites excluding steroid dienone is 2. The number of benzene rings is 3. The molecule has 1 atom stereocenters. The van der Waals surface area contributed by atoms with Gasteiger partial charge in [0.05, 0.1) is 0 Å². The van der Waals surface area contributed by atoms with E-state index in [-0.39, 0.29) is 0 Å². The van der Waals surface area contributed by atoms with Crippen LogP contribution in [0.2, 0.25) is 0 Å². The molecule has 1 aliphatic carbocycles.